The molecule has 1 aromatic rings. The average Bonchev–Trinajstić information content (AvgIpc) is 2.43. The molecule has 0 aliphatic rings. The van der Waals surface area contributed by atoms with Gasteiger partial charge in [0.15, 0.2) is 0 Å². The summed E-state index contributed by atoms with van der Waals surface area (Å²) in [6, 6.07) is 12.9. The average molecular weight is 346 g/mol. The zero-order valence-corrected chi connectivity index (χ0v) is 15.7. The summed E-state index contributed by atoms with van der Waals surface area (Å²) < 4.78 is 0. The molecular formula is C17H29Cl2N3. The van der Waals surface area contributed by atoms with Crippen molar-refractivity contribution in [3.63, 3.8) is 0 Å². The first kappa shape index (κ1) is 23.5. The second-order valence-electron chi connectivity index (χ2n) is 6.02. The van der Waals surface area contributed by atoms with Crippen LogP contribution >= 0.6 is 24.8 Å². The lowest BCUT2D eigenvalue weighted by Gasteiger charge is -2.29. The number of halogens is 2. The molecule has 3 nitrogen and oxygen atoms in total. The maximum absolute atomic E-state index is 9.83. The van der Waals surface area contributed by atoms with Gasteiger partial charge in [-0.05, 0) is 66.1 Å². The summed E-state index contributed by atoms with van der Waals surface area (Å²) in [6.07, 6.45) is 2.84. The van der Waals surface area contributed by atoms with Crippen LogP contribution in [0.5, 0.6) is 0 Å². The van der Waals surface area contributed by atoms with Crippen molar-refractivity contribution in [1.29, 1.82) is 5.26 Å². The fourth-order valence-corrected chi connectivity index (χ4v) is 2.46. The number of rotatable bonds is 8. The summed E-state index contributed by atoms with van der Waals surface area (Å²) in [5.74, 6) is 0. The van der Waals surface area contributed by atoms with Crippen molar-refractivity contribution < 1.29 is 0 Å². The summed E-state index contributed by atoms with van der Waals surface area (Å²) in [5, 5.41) is 9.83. The van der Waals surface area contributed by atoms with Crippen molar-refractivity contribution in [3.8, 4) is 6.07 Å². The monoisotopic (exact) mass is 345 g/mol. The highest BCUT2D eigenvalue weighted by Gasteiger charge is 2.31. The van der Waals surface area contributed by atoms with E-state index < -0.39 is 0 Å². The lowest BCUT2D eigenvalue weighted by Crippen LogP contribution is -2.30. The number of benzene rings is 1. The van der Waals surface area contributed by atoms with E-state index >= 15 is 0 Å². The highest BCUT2D eigenvalue weighted by atomic mass is 35.5. The molecule has 0 spiro atoms. The maximum Gasteiger partial charge on any atom is 0.0835 e. The van der Waals surface area contributed by atoms with E-state index in [1.807, 2.05) is 18.2 Å². The van der Waals surface area contributed by atoms with Gasteiger partial charge in [0.05, 0.1) is 11.5 Å². The standard InChI is InChI=1S/C17H27N3.2ClH/c1-19(2)13-8-11-17(15-18,12-14-20(3)4)16-9-6-5-7-10-16;;/h5-7,9-10H,8,11-14H2,1-4H3;2*1H. The molecule has 5 heteroatoms. The summed E-state index contributed by atoms with van der Waals surface area (Å²) in [7, 11) is 8.28. The predicted octanol–water partition coefficient (Wildman–Crippen LogP) is 3.59. The van der Waals surface area contributed by atoms with Gasteiger partial charge in [0, 0.05) is 0 Å². The molecule has 22 heavy (non-hydrogen) atoms. The Morgan fingerprint density at radius 1 is 0.909 bits per heavy atom. The summed E-state index contributed by atoms with van der Waals surface area (Å²) in [6.45, 7) is 1.96. The van der Waals surface area contributed by atoms with Crippen LogP contribution in [0.4, 0.5) is 0 Å². The second kappa shape index (κ2) is 11.7. The van der Waals surface area contributed by atoms with Gasteiger partial charge in [0.2, 0.25) is 0 Å². The molecule has 0 N–H and O–H groups in total. The van der Waals surface area contributed by atoms with Crippen LogP contribution in [0.2, 0.25) is 0 Å². The molecule has 0 saturated heterocycles. The molecule has 0 heterocycles. The summed E-state index contributed by atoms with van der Waals surface area (Å²) in [4.78, 5) is 4.33. The molecule has 0 aliphatic carbocycles. The number of hydrogen-bond donors (Lipinski definition) is 0. The Bertz CT molecular complexity index is 429. The van der Waals surface area contributed by atoms with Crippen LogP contribution in [-0.4, -0.2) is 51.1 Å². The largest absolute Gasteiger partial charge is 0.309 e. The lowest BCUT2D eigenvalue weighted by atomic mass is 9.75. The Hall–Kier alpha value is -0.790. The van der Waals surface area contributed by atoms with Gasteiger partial charge in [0.1, 0.15) is 0 Å². The van der Waals surface area contributed by atoms with E-state index in [0.717, 1.165) is 37.9 Å². The first-order chi connectivity index (χ1) is 9.50. The normalized spacial score (nSPS) is 13.0. The first-order valence-electron chi connectivity index (χ1n) is 7.26. The van der Waals surface area contributed by atoms with Crippen molar-refractivity contribution in [2.75, 3.05) is 41.3 Å². The van der Waals surface area contributed by atoms with Crippen LogP contribution in [0.3, 0.4) is 0 Å². The Morgan fingerprint density at radius 2 is 1.45 bits per heavy atom. The van der Waals surface area contributed by atoms with Crippen molar-refractivity contribution in [2.45, 2.75) is 24.7 Å². The molecular weight excluding hydrogens is 317 g/mol. The van der Waals surface area contributed by atoms with E-state index in [-0.39, 0.29) is 30.2 Å². The molecule has 1 atom stereocenters. The zero-order chi connectivity index (χ0) is 15.0. The van der Waals surface area contributed by atoms with Gasteiger partial charge in [-0.25, -0.2) is 0 Å². The van der Waals surface area contributed by atoms with Gasteiger partial charge in [-0.2, -0.15) is 5.26 Å². The van der Waals surface area contributed by atoms with E-state index in [1.54, 1.807) is 0 Å². The highest BCUT2D eigenvalue weighted by molar-refractivity contribution is 5.85. The van der Waals surface area contributed by atoms with Crippen LogP contribution in [0, 0.1) is 11.3 Å². The molecule has 0 aromatic heterocycles. The van der Waals surface area contributed by atoms with Crippen molar-refractivity contribution >= 4 is 24.8 Å². The van der Waals surface area contributed by atoms with Crippen molar-refractivity contribution in [3.05, 3.63) is 35.9 Å². The van der Waals surface area contributed by atoms with Gasteiger partial charge in [0.25, 0.3) is 0 Å². The topological polar surface area (TPSA) is 30.3 Å². The van der Waals surface area contributed by atoms with Crippen LogP contribution in [0.25, 0.3) is 0 Å². The first-order valence-corrected chi connectivity index (χ1v) is 7.26. The van der Waals surface area contributed by atoms with Gasteiger partial charge >= 0.3 is 0 Å². The molecule has 1 aromatic carbocycles. The lowest BCUT2D eigenvalue weighted by molar-refractivity contribution is 0.320. The van der Waals surface area contributed by atoms with Gasteiger partial charge < -0.3 is 9.80 Å². The van der Waals surface area contributed by atoms with Crippen LogP contribution in [-0.2, 0) is 5.41 Å². The van der Waals surface area contributed by atoms with E-state index in [9.17, 15) is 5.26 Å². The molecule has 0 saturated carbocycles. The van der Waals surface area contributed by atoms with E-state index in [2.05, 4.69) is 56.2 Å². The molecule has 0 fully saturated rings. The number of nitrogens with zero attached hydrogens (tertiary/aromatic N) is 3. The van der Waals surface area contributed by atoms with Gasteiger partial charge in [-0.3, -0.25) is 0 Å². The van der Waals surface area contributed by atoms with Crippen molar-refractivity contribution in [1.82, 2.24) is 9.80 Å². The Labute approximate surface area is 148 Å². The molecule has 0 amide bonds. The Morgan fingerprint density at radius 3 is 1.91 bits per heavy atom. The maximum atomic E-state index is 9.83. The van der Waals surface area contributed by atoms with Crippen LogP contribution < -0.4 is 0 Å². The Kier molecular flexibility index (Phi) is 12.5. The molecule has 0 aliphatic heterocycles. The van der Waals surface area contributed by atoms with Crippen molar-refractivity contribution in [2.24, 2.45) is 0 Å². The number of nitriles is 1. The molecule has 1 unspecified atom stereocenters. The quantitative estimate of drug-likeness (QED) is 0.721. The molecule has 0 radical (unpaired) electrons. The SMILES string of the molecule is CN(C)CCCC(C#N)(CCN(C)C)c1ccccc1.Cl.Cl. The fraction of sp³-hybridized carbons (Fsp3) is 0.588. The summed E-state index contributed by atoms with van der Waals surface area (Å²) in [5.41, 5.74) is 0.796. The van der Waals surface area contributed by atoms with E-state index in [4.69, 9.17) is 0 Å². The van der Waals surface area contributed by atoms with E-state index in [1.165, 1.54) is 0 Å². The third-order valence-corrected chi connectivity index (χ3v) is 3.74. The van der Waals surface area contributed by atoms with Crippen LogP contribution in [0.1, 0.15) is 24.8 Å². The Balaban J connectivity index is 0. The predicted molar refractivity (Wildman–Crippen MR) is 99.2 cm³/mol. The minimum Gasteiger partial charge on any atom is -0.309 e. The van der Waals surface area contributed by atoms with Gasteiger partial charge in [-0.1, -0.05) is 30.3 Å². The minimum atomic E-state index is -0.360. The number of hydrogen-bond acceptors (Lipinski definition) is 3. The highest BCUT2D eigenvalue weighted by Crippen LogP contribution is 2.32. The summed E-state index contributed by atoms with van der Waals surface area (Å²) >= 11 is 0. The zero-order valence-electron chi connectivity index (χ0n) is 14.1. The molecule has 0 bridgehead atoms. The van der Waals surface area contributed by atoms with E-state index in [0.29, 0.717) is 0 Å². The van der Waals surface area contributed by atoms with Gasteiger partial charge in [-0.15, -0.1) is 24.8 Å². The minimum absolute atomic E-state index is 0. The second-order valence-corrected chi connectivity index (χ2v) is 6.02. The smallest absolute Gasteiger partial charge is 0.0835 e. The third kappa shape index (κ3) is 7.47. The fourth-order valence-electron chi connectivity index (χ4n) is 2.46. The van der Waals surface area contributed by atoms with Crippen LogP contribution in [0.15, 0.2) is 30.3 Å². The molecule has 126 valence electrons. The third-order valence-electron chi connectivity index (χ3n) is 3.74. The molecule has 1 rings (SSSR count).